The van der Waals surface area contributed by atoms with Crippen LogP contribution in [0.5, 0.6) is 0 Å². The highest BCUT2D eigenvalue weighted by Crippen LogP contribution is 2.39. The molecule has 1 heterocycles. The average Bonchev–Trinajstić information content (AvgIpc) is 3.31. The van der Waals surface area contributed by atoms with E-state index in [1.165, 1.54) is 17.0 Å². The van der Waals surface area contributed by atoms with Gasteiger partial charge in [-0.25, -0.2) is 0 Å². The van der Waals surface area contributed by atoms with E-state index >= 15 is 0 Å². The lowest BCUT2D eigenvalue weighted by molar-refractivity contribution is -0.137. The van der Waals surface area contributed by atoms with Gasteiger partial charge in [0.2, 0.25) is 5.91 Å². The number of rotatable bonds is 3. The summed E-state index contributed by atoms with van der Waals surface area (Å²) in [6.45, 7) is 0. The van der Waals surface area contributed by atoms with Crippen LogP contribution in [0.1, 0.15) is 37.7 Å². The summed E-state index contributed by atoms with van der Waals surface area (Å²) in [5, 5.41) is 26.8. The van der Waals surface area contributed by atoms with Crippen molar-refractivity contribution >= 4 is 28.9 Å². The minimum absolute atomic E-state index is 0.000636. The third-order valence-corrected chi connectivity index (χ3v) is 6.65. The van der Waals surface area contributed by atoms with Gasteiger partial charge < -0.3 is 25.7 Å². The van der Waals surface area contributed by atoms with Crippen LogP contribution in [0.3, 0.4) is 0 Å². The Labute approximate surface area is 177 Å². The monoisotopic (exact) mass is 443 g/mol. The van der Waals surface area contributed by atoms with Crippen LogP contribution >= 0.6 is 12.2 Å². The number of alkyl halides is 3. The van der Waals surface area contributed by atoms with E-state index in [0.717, 1.165) is 37.8 Å². The fraction of sp³-hybridized carbons (Fsp3) is 0.600. The Morgan fingerprint density at radius 3 is 2.60 bits per heavy atom. The fourth-order valence-corrected chi connectivity index (χ4v) is 5.21. The molecule has 3 fully saturated rings. The molecule has 5 atom stereocenters. The largest absolute Gasteiger partial charge is 0.416 e. The molecule has 0 radical (unpaired) electrons. The quantitative estimate of drug-likeness (QED) is 0.535. The predicted octanol–water partition coefficient (Wildman–Crippen LogP) is 1.94. The molecule has 1 aromatic rings. The normalized spacial score (nSPS) is 32.1. The van der Waals surface area contributed by atoms with Crippen molar-refractivity contribution in [1.29, 1.82) is 0 Å². The van der Waals surface area contributed by atoms with Crippen molar-refractivity contribution < 1.29 is 28.2 Å². The Morgan fingerprint density at radius 1 is 1.23 bits per heavy atom. The van der Waals surface area contributed by atoms with E-state index in [0.29, 0.717) is 0 Å². The Kier molecular flexibility index (Phi) is 5.67. The number of nitrogens with zero attached hydrogens (tertiary/aromatic N) is 1. The smallest absolute Gasteiger partial charge is 0.390 e. The van der Waals surface area contributed by atoms with Crippen LogP contribution in [-0.4, -0.2) is 51.6 Å². The molecular formula is C20H24F3N3O3S. The van der Waals surface area contributed by atoms with E-state index in [1.807, 2.05) is 0 Å². The number of thiocarbonyl (C=S) groups is 1. The molecule has 0 spiro atoms. The first-order chi connectivity index (χ1) is 14.2. The summed E-state index contributed by atoms with van der Waals surface area (Å²) in [5.74, 6) is -1.01. The number of anilines is 1. The lowest BCUT2D eigenvalue weighted by Crippen LogP contribution is -2.61. The summed E-state index contributed by atoms with van der Waals surface area (Å²) in [7, 11) is 0. The molecule has 2 saturated carbocycles. The molecule has 164 valence electrons. The number of carbonyl (C=O) groups excluding carboxylic acids is 1. The Balaban J connectivity index is 1.67. The molecule has 0 unspecified atom stereocenters. The van der Waals surface area contributed by atoms with E-state index in [9.17, 15) is 28.2 Å². The number of nitrogens with one attached hydrogen (secondary N) is 2. The van der Waals surface area contributed by atoms with Gasteiger partial charge in [-0.15, -0.1) is 0 Å². The van der Waals surface area contributed by atoms with Crippen LogP contribution in [0.25, 0.3) is 0 Å². The second-order valence-electron chi connectivity index (χ2n) is 8.27. The van der Waals surface area contributed by atoms with Gasteiger partial charge in [-0.1, -0.05) is 18.9 Å². The zero-order chi connectivity index (χ0) is 21.6. The van der Waals surface area contributed by atoms with Crippen LogP contribution in [0.4, 0.5) is 18.9 Å². The van der Waals surface area contributed by atoms with E-state index in [2.05, 4.69) is 10.6 Å². The van der Waals surface area contributed by atoms with Gasteiger partial charge in [0.25, 0.3) is 0 Å². The predicted molar refractivity (Wildman–Crippen MR) is 108 cm³/mol. The molecule has 1 aliphatic heterocycles. The van der Waals surface area contributed by atoms with Crippen LogP contribution < -0.4 is 15.5 Å². The van der Waals surface area contributed by atoms with Crippen molar-refractivity contribution in [3.63, 3.8) is 0 Å². The third-order valence-electron chi connectivity index (χ3n) is 6.33. The maximum Gasteiger partial charge on any atom is 0.416 e. The molecule has 0 bridgehead atoms. The minimum Gasteiger partial charge on any atom is -0.390 e. The number of hydrogen-bond acceptors (Lipinski definition) is 4. The highest BCUT2D eigenvalue weighted by atomic mass is 32.1. The van der Waals surface area contributed by atoms with Crippen molar-refractivity contribution in [2.75, 3.05) is 4.90 Å². The van der Waals surface area contributed by atoms with Gasteiger partial charge >= 0.3 is 6.18 Å². The molecular weight excluding hydrogens is 419 g/mol. The maximum absolute atomic E-state index is 13.2. The second kappa shape index (κ2) is 7.97. The number of benzene rings is 1. The summed E-state index contributed by atoms with van der Waals surface area (Å²) in [4.78, 5) is 14.6. The molecule has 3 aliphatic rings. The summed E-state index contributed by atoms with van der Waals surface area (Å²) in [5.41, 5.74) is -0.633. The molecule has 2 aliphatic carbocycles. The maximum atomic E-state index is 13.2. The van der Waals surface area contributed by atoms with E-state index < -0.39 is 41.9 Å². The van der Waals surface area contributed by atoms with E-state index in [1.54, 1.807) is 0 Å². The SMILES string of the molecule is O=C(NC1CCCC1)[C@@H]1C[C@@H](O)[C@H](O)[C@@H]2NC(=S)N(c3cccc(C(F)(F)F)c3)[C@H]21. The molecule has 30 heavy (non-hydrogen) atoms. The average molecular weight is 443 g/mol. The number of halogens is 3. The topological polar surface area (TPSA) is 84.8 Å². The lowest BCUT2D eigenvalue weighted by Gasteiger charge is -2.41. The van der Waals surface area contributed by atoms with Crippen LogP contribution in [0.2, 0.25) is 0 Å². The number of aliphatic hydroxyl groups excluding tert-OH is 2. The van der Waals surface area contributed by atoms with Crippen molar-refractivity contribution in [2.45, 2.75) is 68.6 Å². The van der Waals surface area contributed by atoms with Gasteiger partial charge in [-0.2, -0.15) is 13.2 Å². The Morgan fingerprint density at radius 2 is 1.93 bits per heavy atom. The molecule has 10 heteroatoms. The number of aliphatic hydroxyl groups is 2. The summed E-state index contributed by atoms with van der Waals surface area (Å²) in [6, 6.07) is 3.32. The summed E-state index contributed by atoms with van der Waals surface area (Å²) >= 11 is 5.36. The van der Waals surface area contributed by atoms with Crippen molar-refractivity contribution in [3.8, 4) is 0 Å². The number of carbonyl (C=O) groups is 1. The first kappa shape index (κ1) is 21.3. The van der Waals surface area contributed by atoms with Gasteiger partial charge in [0, 0.05) is 11.7 Å². The second-order valence-corrected chi connectivity index (χ2v) is 8.66. The summed E-state index contributed by atoms with van der Waals surface area (Å²) in [6.07, 6.45) is -3.03. The van der Waals surface area contributed by atoms with Gasteiger partial charge in [0.15, 0.2) is 5.11 Å². The molecule has 1 saturated heterocycles. The minimum atomic E-state index is -4.52. The molecule has 1 aromatic carbocycles. The third kappa shape index (κ3) is 3.88. The van der Waals surface area contributed by atoms with Crippen LogP contribution in [0, 0.1) is 5.92 Å². The number of amides is 1. The van der Waals surface area contributed by atoms with Crippen molar-refractivity contribution in [2.24, 2.45) is 5.92 Å². The standard InChI is InChI=1S/C20H24F3N3O3S/c21-20(22,23)10-4-3-7-12(8-10)26-16-13(18(29)24-11-5-1-2-6-11)9-14(27)17(28)15(16)25-19(26)30/h3-4,7-8,11,13-17,27-28H,1-2,5-6,9H2,(H,24,29)(H,25,30)/t13-,14-,15-,16+,17+/m1/s1. The van der Waals surface area contributed by atoms with Crippen LogP contribution in [0.15, 0.2) is 24.3 Å². The molecule has 0 aromatic heterocycles. The summed E-state index contributed by atoms with van der Waals surface area (Å²) < 4.78 is 39.7. The molecule has 4 N–H and O–H groups in total. The zero-order valence-electron chi connectivity index (χ0n) is 16.1. The first-order valence-electron chi connectivity index (χ1n) is 10.1. The first-order valence-corrected chi connectivity index (χ1v) is 10.5. The van der Waals surface area contributed by atoms with Crippen LogP contribution in [-0.2, 0) is 11.0 Å². The molecule has 1 amide bonds. The lowest BCUT2D eigenvalue weighted by atomic mass is 9.77. The Hall–Kier alpha value is -1.91. The van der Waals surface area contributed by atoms with Gasteiger partial charge in [0.05, 0.1) is 29.7 Å². The molecule has 6 nitrogen and oxygen atoms in total. The van der Waals surface area contributed by atoms with E-state index in [4.69, 9.17) is 12.2 Å². The number of hydrogen-bond donors (Lipinski definition) is 4. The molecule has 4 rings (SSSR count). The highest BCUT2D eigenvalue weighted by molar-refractivity contribution is 7.80. The number of fused-ring (bicyclic) bond motifs is 1. The zero-order valence-corrected chi connectivity index (χ0v) is 16.9. The Bertz CT molecular complexity index is 831. The van der Waals surface area contributed by atoms with E-state index in [-0.39, 0.29) is 29.2 Å². The fourth-order valence-electron chi connectivity index (χ4n) is 4.85. The van der Waals surface area contributed by atoms with Gasteiger partial charge in [-0.05, 0) is 49.7 Å². The highest BCUT2D eigenvalue weighted by Gasteiger charge is 2.54. The van der Waals surface area contributed by atoms with Crippen molar-refractivity contribution in [1.82, 2.24) is 10.6 Å². The van der Waals surface area contributed by atoms with Crippen molar-refractivity contribution in [3.05, 3.63) is 29.8 Å². The van der Waals surface area contributed by atoms with Gasteiger partial charge in [0.1, 0.15) is 6.10 Å². The van der Waals surface area contributed by atoms with Gasteiger partial charge in [-0.3, -0.25) is 4.79 Å².